The van der Waals surface area contributed by atoms with Crippen molar-refractivity contribution < 1.29 is 24.1 Å². The summed E-state index contributed by atoms with van der Waals surface area (Å²) in [5.74, 6) is 1.86. The summed E-state index contributed by atoms with van der Waals surface area (Å²) in [6.07, 6.45) is 4.76. The summed E-state index contributed by atoms with van der Waals surface area (Å²) in [6.45, 7) is 7.94. The van der Waals surface area contributed by atoms with Gasteiger partial charge in [-0.05, 0) is 86.1 Å². The maximum Gasteiger partial charge on any atom is 0.303 e. The number of thiazole rings is 1. The van der Waals surface area contributed by atoms with E-state index >= 15 is 0 Å². The van der Waals surface area contributed by atoms with E-state index in [1.165, 1.54) is 11.1 Å². The number of benzene rings is 2. The molecule has 0 unspecified atom stereocenters. The van der Waals surface area contributed by atoms with Crippen LogP contribution in [0.5, 0.6) is 17.4 Å². The molecule has 1 aromatic heterocycles. The largest absolute Gasteiger partial charge is 0.493 e. The maximum atomic E-state index is 11.1. The Morgan fingerprint density at radius 2 is 1.94 bits per heavy atom. The van der Waals surface area contributed by atoms with Crippen molar-refractivity contribution in [2.45, 2.75) is 65.2 Å². The number of nitrogens with zero attached hydrogens (tertiary/aromatic N) is 1. The van der Waals surface area contributed by atoms with Crippen LogP contribution in [0.1, 0.15) is 67.0 Å². The van der Waals surface area contributed by atoms with E-state index in [9.17, 15) is 4.79 Å². The molecule has 1 atom stereocenters. The van der Waals surface area contributed by atoms with Crippen LogP contribution in [0.25, 0.3) is 10.6 Å². The molecule has 0 amide bonds. The van der Waals surface area contributed by atoms with Crippen molar-refractivity contribution >= 4 is 17.3 Å². The number of aliphatic carboxylic acids is 1. The molecule has 0 aliphatic heterocycles. The van der Waals surface area contributed by atoms with Crippen LogP contribution in [0.4, 0.5) is 0 Å². The summed E-state index contributed by atoms with van der Waals surface area (Å²) in [7, 11) is 0. The quantitative estimate of drug-likeness (QED) is 0.255. The van der Waals surface area contributed by atoms with Gasteiger partial charge in [0.2, 0.25) is 5.88 Å². The minimum absolute atomic E-state index is 0.120. The lowest BCUT2D eigenvalue weighted by atomic mass is 9.98. The highest BCUT2D eigenvalue weighted by Crippen LogP contribution is 2.37. The fourth-order valence-corrected chi connectivity index (χ4v) is 5.58. The van der Waals surface area contributed by atoms with Gasteiger partial charge in [-0.2, -0.15) is 0 Å². The van der Waals surface area contributed by atoms with Crippen LogP contribution >= 0.6 is 11.3 Å². The number of carboxylic acid groups (broad SMARTS) is 1. The molecule has 7 heteroatoms. The summed E-state index contributed by atoms with van der Waals surface area (Å²) in [5.41, 5.74) is 4.65. The Hall–Kier alpha value is -3.06. The smallest absolute Gasteiger partial charge is 0.303 e. The fraction of sp³-hybridized carbons (Fsp3) is 0.448. The van der Waals surface area contributed by atoms with Gasteiger partial charge in [0.15, 0.2) is 0 Å². The molecule has 6 nitrogen and oxygen atoms in total. The van der Waals surface area contributed by atoms with Gasteiger partial charge in [-0.3, -0.25) is 4.79 Å². The Labute approximate surface area is 217 Å². The van der Waals surface area contributed by atoms with Crippen LogP contribution in [0, 0.1) is 6.92 Å². The van der Waals surface area contributed by atoms with Gasteiger partial charge in [-0.15, -0.1) is 11.3 Å². The van der Waals surface area contributed by atoms with Crippen LogP contribution in [0.3, 0.4) is 0 Å². The van der Waals surface area contributed by atoms with E-state index in [1.807, 2.05) is 32.0 Å². The summed E-state index contributed by atoms with van der Waals surface area (Å²) in [5, 5.41) is 10.1. The lowest BCUT2D eigenvalue weighted by Gasteiger charge is -2.13. The molecule has 0 saturated carbocycles. The topological polar surface area (TPSA) is 77.9 Å². The summed E-state index contributed by atoms with van der Waals surface area (Å²) < 4.78 is 17.7. The third-order valence-corrected chi connectivity index (χ3v) is 7.42. The lowest BCUT2D eigenvalue weighted by Crippen LogP contribution is -2.07. The van der Waals surface area contributed by atoms with Crippen LogP contribution in [-0.2, 0) is 17.6 Å². The molecule has 1 aliphatic carbocycles. The second kappa shape index (κ2) is 12.3. The monoisotopic (exact) mass is 509 g/mol. The zero-order chi connectivity index (χ0) is 25.5. The van der Waals surface area contributed by atoms with Crippen molar-refractivity contribution in [2.24, 2.45) is 0 Å². The number of fused-ring (bicyclic) bond motifs is 1. The molecule has 192 valence electrons. The number of ether oxygens (including phenoxy) is 3. The summed E-state index contributed by atoms with van der Waals surface area (Å²) >= 11 is 1.65. The average Bonchev–Trinajstić information content (AvgIpc) is 3.42. The molecule has 1 N–H and O–H groups in total. The van der Waals surface area contributed by atoms with Crippen molar-refractivity contribution in [3.63, 3.8) is 0 Å². The van der Waals surface area contributed by atoms with Gasteiger partial charge in [0, 0.05) is 12.0 Å². The zero-order valence-corrected chi connectivity index (χ0v) is 22.2. The van der Waals surface area contributed by atoms with Crippen molar-refractivity contribution in [1.29, 1.82) is 0 Å². The van der Waals surface area contributed by atoms with Gasteiger partial charge in [-0.1, -0.05) is 19.4 Å². The van der Waals surface area contributed by atoms with Crippen LogP contribution in [0.2, 0.25) is 0 Å². The highest BCUT2D eigenvalue weighted by molar-refractivity contribution is 7.15. The Morgan fingerprint density at radius 3 is 2.72 bits per heavy atom. The van der Waals surface area contributed by atoms with Gasteiger partial charge in [0.1, 0.15) is 16.5 Å². The molecule has 3 aromatic rings. The van der Waals surface area contributed by atoms with Crippen LogP contribution in [0.15, 0.2) is 36.4 Å². The Morgan fingerprint density at radius 1 is 1.11 bits per heavy atom. The second-order valence-electron chi connectivity index (χ2n) is 9.13. The van der Waals surface area contributed by atoms with E-state index in [2.05, 4.69) is 30.1 Å². The molecular formula is C29H35NO5S. The van der Waals surface area contributed by atoms with Gasteiger partial charge in [-0.25, -0.2) is 4.98 Å². The standard InChI is InChI=1S/C29H35NO5S/c1-4-7-22-16-23(29-30-28(33-5-2)19(3)36-29)10-13-26(22)35-15-6-14-34-24-11-12-25-20(17-24)8-9-21(25)18-27(31)32/h10-13,16-17,21H,4-9,14-15,18H2,1-3H3,(H,31,32)/t21-/m0/s1. The molecule has 4 rings (SSSR count). The van der Waals surface area contributed by atoms with Gasteiger partial charge >= 0.3 is 5.97 Å². The Kier molecular flexibility index (Phi) is 8.86. The number of hydrogen-bond donors (Lipinski definition) is 1. The van der Waals surface area contributed by atoms with Crippen molar-refractivity contribution in [3.8, 4) is 28.0 Å². The Balaban J connectivity index is 1.30. The van der Waals surface area contributed by atoms with E-state index in [-0.39, 0.29) is 12.3 Å². The molecule has 0 bridgehead atoms. The fourth-order valence-electron chi connectivity index (χ4n) is 4.72. The molecule has 0 spiro atoms. The minimum Gasteiger partial charge on any atom is -0.493 e. The first-order valence-electron chi connectivity index (χ1n) is 12.8. The van der Waals surface area contributed by atoms with Gasteiger partial charge in [0.25, 0.3) is 0 Å². The van der Waals surface area contributed by atoms with Crippen LogP contribution < -0.4 is 14.2 Å². The molecule has 0 fully saturated rings. The summed E-state index contributed by atoms with van der Waals surface area (Å²) in [6, 6.07) is 12.4. The molecule has 1 heterocycles. The highest BCUT2D eigenvalue weighted by Gasteiger charge is 2.24. The first-order valence-corrected chi connectivity index (χ1v) is 13.6. The molecule has 2 aromatic carbocycles. The molecule has 0 radical (unpaired) electrons. The molecular weight excluding hydrogens is 474 g/mol. The predicted molar refractivity (Wildman–Crippen MR) is 143 cm³/mol. The SMILES string of the molecule is CCCc1cc(-c2nc(OCC)c(C)s2)ccc1OCCCOc1ccc2c(c1)CC[C@H]2CC(=O)O. The number of aryl methyl sites for hydroxylation is 3. The van der Waals surface area contributed by atoms with Gasteiger partial charge < -0.3 is 19.3 Å². The van der Waals surface area contributed by atoms with E-state index in [0.29, 0.717) is 19.8 Å². The third kappa shape index (κ3) is 6.38. The number of hydrogen-bond acceptors (Lipinski definition) is 6. The average molecular weight is 510 g/mol. The highest BCUT2D eigenvalue weighted by atomic mass is 32.1. The first kappa shape index (κ1) is 26.0. The van der Waals surface area contributed by atoms with Crippen LogP contribution in [-0.4, -0.2) is 35.9 Å². The van der Waals surface area contributed by atoms with Crippen molar-refractivity contribution in [2.75, 3.05) is 19.8 Å². The van der Waals surface area contributed by atoms with Gasteiger partial charge in [0.05, 0.1) is 31.1 Å². The number of rotatable bonds is 13. The lowest BCUT2D eigenvalue weighted by molar-refractivity contribution is -0.137. The first-order chi connectivity index (χ1) is 17.5. The Bertz CT molecular complexity index is 1190. The number of carbonyl (C=O) groups is 1. The zero-order valence-electron chi connectivity index (χ0n) is 21.3. The number of carboxylic acids is 1. The minimum atomic E-state index is -0.737. The predicted octanol–water partition coefficient (Wildman–Crippen LogP) is 6.82. The normalized spacial score (nSPS) is 14.5. The van der Waals surface area contributed by atoms with E-state index in [4.69, 9.17) is 19.3 Å². The van der Waals surface area contributed by atoms with Crippen molar-refractivity contribution in [1.82, 2.24) is 4.98 Å². The third-order valence-electron chi connectivity index (χ3n) is 6.41. The maximum absolute atomic E-state index is 11.1. The molecule has 1 aliphatic rings. The second-order valence-corrected chi connectivity index (χ2v) is 10.3. The molecule has 36 heavy (non-hydrogen) atoms. The number of aromatic nitrogens is 1. The molecule has 0 saturated heterocycles. The summed E-state index contributed by atoms with van der Waals surface area (Å²) in [4.78, 5) is 16.8. The van der Waals surface area contributed by atoms with E-state index in [0.717, 1.165) is 70.5 Å². The van der Waals surface area contributed by atoms with Crippen molar-refractivity contribution in [3.05, 3.63) is 58.0 Å². The van der Waals surface area contributed by atoms with E-state index in [1.54, 1.807) is 11.3 Å². The van der Waals surface area contributed by atoms with E-state index < -0.39 is 5.97 Å².